The van der Waals surface area contributed by atoms with Crippen molar-refractivity contribution in [2.45, 2.75) is 19.9 Å². The van der Waals surface area contributed by atoms with Crippen LogP contribution in [0.1, 0.15) is 17.1 Å². The van der Waals surface area contributed by atoms with E-state index in [1.807, 2.05) is 25.1 Å². The van der Waals surface area contributed by atoms with Crippen LogP contribution in [0.4, 0.5) is 5.82 Å². The van der Waals surface area contributed by atoms with Crippen LogP contribution in [0.15, 0.2) is 18.2 Å². The molecule has 0 radical (unpaired) electrons. The van der Waals surface area contributed by atoms with Gasteiger partial charge in [-0.3, -0.25) is 0 Å². The fourth-order valence-corrected chi connectivity index (χ4v) is 2.65. The Bertz CT molecular complexity index is 844. The lowest BCUT2D eigenvalue weighted by Crippen LogP contribution is -2.32. The molecule has 3 aromatic rings. The molecule has 1 aliphatic rings. The predicted octanol–water partition coefficient (Wildman–Crippen LogP) is 0.794. The van der Waals surface area contributed by atoms with Crippen LogP contribution in [0.25, 0.3) is 5.65 Å². The van der Waals surface area contributed by atoms with Crippen LogP contribution < -0.4 is 9.64 Å². The molecule has 8 nitrogen and oxygen atoms in total. The largest absolute Gasteiger partial charge is 0.480 e. The molecule has 8 heteroatoms. The summed E-state index contributed by atoms with van der Waals surface area (Å²) in [7, 11) is 1.60. The molecule has 0 unspecified atom stereocenters. The summed E-state index contributed by atoms with van der Waals surface area (Å²) in [4.78, 5) is 6.49. The Morgan fingerprint density at radius 1 is 1.18 bits per heavy atom. The highest BCUT2D eigenvalue weighted by molar-refractivity contribution is 5.47. The molecule has 0 aromatic carbocycles. The standard InChI is InChI=1S/C14H15N7O/c1-9-15-12-3-4-13(19-21(12)18-9)20-6-5-11-10(8-20)7-14(22-2)17-16-11/h3-4,7H,5-6,8H2,1-2H3. The Kier molecular flexibility index (Phi) is 2.88. The second-order valence-electron chi connectivity index (χ2n) is 5.23. The molecule has 22 heavy (non-hydrogen) atoms. The first-order chi connectivity index (χ1) is 10.7. The van der Waals surface area contributed by atoms with Gasteiger partial charge in [0, 0.05) is 31.1 Å². The van der Waals surface area contributed by atoms with Crippen LogP contribution >= 0.6 is 0 Å². The van der Waals surface area contributed by atoms with Gasteiger partial charge >= 0.3 is 0 Å². The minimum Gasteiger partial charge on any atom is -0.480 e. The Labute approximate surface area is 126 Å². The van der Waals surface area contributed by atoms with Crippen molar-refractivity contribution >= 4 is 11.5 Å². The summed E-state index contributed by atoms with van der Waals surface area (Å²) in [5.74, 6) is 2.13. The summed E-state index contributed by atoms with van der Waals surface area (Å²) < 4.78 is 6.73. The van der Waals surface area contributed by atoms with Gasteiger partial charge < -0.3 is 9.64 Å². The third kappa shape index (κ3) is 2.12. The van der Waals surface area contributed by atoms with Crippen LogP contribution in [0.3, 0.4) is 0 Å². The number of aromatic nitrogens is 6. The van der Waals surface area contributed by atoms with Crippen molar-refractivity contribution in [2.75, 3.05) is 18.6 Å². The lowest BCUT2D eigenvalue weighted by Gasteiger charge is -2.28. The van der Waals surface area contributed by atoms with Gasteiger partial charge in [-0.25, -0.2) is 4.98 Å². The van der Waals surface area contributed by atoms with E-state index >= 15 is 0 Å². The summed E-state index contributed by atoms with van der Waals surface area (Å²) in [6.45, 7) is 3.43. The molecule has 0 saturated carbocycles. The van der Waals surface area contributed by atoms with Crippen LogP contribution in [0, 0.1) is 6.92 Å². The molecule has 0 amide bonds. The van der Waals surface area contributed by atoms with Crippen molar-refractivity contribution in [3.8, 4) is 5.88 Å². The predicted molar refractivity (Wildman–Crippen MR) is 78.9 cm³/mol. The quantitative estimate of drug-likeness (QED) is 0.691. The molecule has 3 aromatic heterocycles. The van der Waals surface area contributed by atoms with E-state index in [-0.39, 0.29) is 0 Å². The molecule has 0 fully saturated rings. The summed E-state index contributed by atoms with van der Waals surface area (Å²) in [5.41, 5.74) is 2.90. The zero-order valence-corrected chi connectivity index (χ0v) is 12.4. The molecule has 112 valence electrons. The summed E-state index contributed by atoms with van der Waals surface area (Å²) in [6, 6.07) is 5.84. The number of anilines is 1. The highest BCUT2D eigenvalue weighted by Gasteiger charge is 2.20. The first-order valence-corrected chi connectivity index (χ1v) is 7.08. The second kappa shape index (κ2) is 4.90. The number of nitrogens with zero attached hydrogens (tertiary/aromatic N) is 7. The monoisotopic (exact) mass is 297 g/mol. The van der Waals surface area contributed by atoms with E-state index in [9.17, 15) is 0 Å². The maximum Gasteiger partial charge on any atom is 0.233 e. The van der Waals surface area contributed by atoms with E-state index in [1.54, 1.807) is 11.7 Å². The SMILES string of the molecule is COc1cc2c(nn1)CCN(c1ccc3nc(C)nn3n1)C2. The molecule has 4 heterocycles. The molecule has 0 saturated heterocycles. The number of hydrogen-bond donors (Lipinski definition) is 0. The lowest BCUT2D eigenvalue weighted by atomic mass is 10.1. The molecular formula is C14H15N7O. The zero-order valence-electron chi connectivity index (χ0n) is 12.4. The Morgan fingerprint density at radius 3 is 2.95 bits per heavy atom. The van der Waals surface area contributed by atoms with Gasteiger partial charge in [-0.2, -0.15) is 5.10 Å². The molecule has 1 aliphatic heterocycles. The van der Waals surface area contributed by atoms with E-state index in [0.29, 0.717) is 11.7 Å². The number of methoxy groups -OCH3 is 1. The maximum atomic E-state index is 5.15. The van der Waals surface area contributed by atoms with E-state index in [0.717, 1.165) is 42.2 Å². The topological polar surface area (TPSA) is 81.3 Å². The molecule has 0 N–H and O–H groups in total. The molecule has 0 aliphatic carbocycles. The Balaban J connectivity index is 1.67. The van der Waals surface area contributed by atoms with Crippen LogP contribution in [0.5, 0.6) is 5.88 Å². The smallest absolute Gasteiger partial charge is 0.233 e. The van der Waals surface area contributed by atoms with Gasteiger partial charge in [-0.05, 0) is 19.1 Å². The average molecular weight is 297 g/mol. The highest BCUT2D eigenvalue weighted by atomic mass is 16.5. The number of rotatable bonds is 2. The summed E-state index contributed by atoms with van der Waals surface area (Å²) in [6.07, 6.45) is 0.836. The van der Waals surface area contributed by atoms with Gasteiger partial charge in [0.2, 0.25) is 5.88 Å². The van der Waals surface area contributed by atoms with E-state index in [2.05, 4.69) is 30.3 Å². The normalized spacial score (nSPS) is 14.2. The fourth-order valence-electron chi connectivity index (χ4n) is 2.65. The second-order valence-corrected chi connectivity index (χ2v) is 5.23. The highest BCUT2D eigenvalue weighted by Crippen LogP contribution is 2.23. The number of aryl methyl sites for hydroxylation is 1. The van der Waals surface area contributed by atoms with Gasteiger partial charge in [-0.1, -0.05) is 0 Å². The third-order valence-electron chi connectivity index (χ3n) is 3.75. The van der Waals surface area contributed by atoms with Gasteiger partial charge in [0.25, 0.3) is 0 Å². The maximum absolute atomic E-state index is 5.15. The van der Waals surface area contributed by atoms with Gasteiger partial charge in [-0.15, -0.1) is 19.9 Å². The zero-order chi connectivity index (χ0) is 15.1. The number of hydrogen-bond acceptors (Lipinski definition) is 7. The van der Waals surface area contributed by atoms with Crippen molar-refractivity contribution in [3.05, 3.63) is 35.3 Å². The Hall–Kier alpha value is -2.77. The number of fused-ring (bicyclic) bond motifs is 2. The molecule has 0 spiro atoms. The van der Waals surface area contributed by atoms with Crippen molar-refractivity contribution in [1.82, 2.24) is 30.0 Å². The van der Waals surface area contributed by atoms with Crippen LogP contribution in [-0.2, 0) is 13.0 Å². The van der Waals surface area contributed by atoms with Crippen molar-refractivity contribution < 1.29 is 4.74 Å². The molecule has 0 bridgehead atoms. The fraction of sp³-hybridized carbons (Fsp3) is 0.357. The minimum atomic E-state index is 0.538. The molecular weight excluding hydrogens is 282 g/mol. The van der Waals surface area contributed by atoms with Crippen LogP contribution in [0.2, 0.25) is 0 Å². The van der Waals surface area contributed by atoms with Crippen LogP contribution in [-0.4, -0.2) is 43.7 Å². The van der Waals surface area contributed by atoms with Gasteiger partial charge in [0.05, 0.1) is 12.8 Å². The number of ether oxygens (including phenoxy) is 1. The Morgan fingerprint density at radius 2 is 2.09 bits per heavy atom. The minimum absolute atomic E-state index is 0.538. The van der Waals surface area contributed by atoms with Crippen molar-refractivity contribution in [3.63, 3.8) is 0 Å². The van der Waals surface area contributed by atoms with Gasteiger partial charge in [0.15, 0.2) is 11.5 Å². The van der Waals surface area contributed by atoms with Gasteiger partial charge in [0.1, 0.15) is 5.82 Å². The van der Waals surface area contributed by atoms with E-state index < -0.39 is 0 Å². The first kappa shape index (κ1) is 12.9. The molecule has 4 rings (SSSR count). The average Bonchev–Trinajstić information content (AvgIpc) is 2.92. The van der Waals surface area contributed by atoms with E-state index in [4.69, 9.17) is 4.74 Å². The summed E-state index contributed by atoms with van der Waals surface area (Å²) >= 11 is 0. The van der Waals surface area contributed by atoms with E-state index in [1.165, 1.54) is 0 Å². The summed E-state index contributed by atoms with van der Waals surface area (Å²) in [5, 5.41) is 17.0. The lowest BCUT2D eigenvalue weighted by molar-refractivity contribution is 0.389. The first-order valence-electron chi connectivity index (χ1n) is 7.08. The third-order valence-corrected chi connectivity index (χ3v) is 3.75. The molecule has 0 atom stereocenters. The van der Waals surface area contributed by atoms with Crippen molar-refractivity contribution in [1.29, 1.82) is 0 Å². The van der Waals surface area contributed by atoms with Crippen molar-refractivity contribution in [2.24, 2.45) is 0 Å².